The molecule has 1 aromatic carbocycles. The van der Waals surface area contributed by atoms with Gasteiger partial charge in [0, 0.05) is 13.0 Å². The lowest BCUT2D eigenvalue weighted by Crippen LogP contribution is -2.54. The van der Waals surface area contributed by atoms with Crippen LogP contribution in [-0.4, -0.2) is 30.6 Å². The maximum absolute atomic E-state index is 12.6. The van der Waals surface area contributed by atoms with Crippen LogP contribution < -0.4 is 10.2 Å². The SMILES string of the molecule is CCCCC(=O)OCCCN1C(=O)C(C)(C)Nc2ccccc21. The molecule has 2 rings (SSSR count). The van der Waals surface area contributed by atoms with Crippen LogP contribution in [-0.2, 0) is 14.3 Å². The molecule has 0 atom stereocenters. The molecule has 1 aromatic rings. The lowest BCUT2D eigenvalue weighted by Gasteiger charge is -2.40. The molecular formula is C18H26N2O3. The number of unbranched alkanes of at least 4 members (excludes halogenated alkanes) is 1. The maximum atomic E-state index is 12.6. The largest absolute Gasteiger partial charge is 0.466 e. The minimum absolute atomic E-state index is 0.0357. The van der Waals surface area contributed by atoms with Gasteiger partial charge in [0.05, 0.1) is 18.0 Å². The number of carbonyl (C=O) groups is 2. The van der Waals surface area contributed by atoms with Crippen molar-refractivity contribution < 1.29 is 14.3 Å². The Bertz CT molecular complexity index is 569. The molecule has 0 radical (unpaired) electrons. The summed E-state index contributed by atoms with van der Waals surface area (Å²) in [7, 11) is 0. The van der Waals surface area contributed by atoms with Crippen LogP contribution in [0.3, 0.4) is 0 Å². The number of ether oxygens (including phenoxy) is 1. The average Bonchev–Trinajstić information content (AvgIpc) is 2.52. The van der Waals surface area contributed by atoms with E-state index >= 15 is 0 Å². The molecule has 1 N–H and O–H groups in total. The van der Waals surface area contributed by atoms with Crippen LogP contribution in [0.5, 0.6) is 0 Å². The molecule has 0 bridgehead atoms. The van der Waals surface area contributed by atoms with Crippen LogP contribution in [0.15, 0.2) is 24.3 Å². The number of amides is 1. The Morgan fingerprint density at radius 1 is 1.26 bits per heavy atom. The van der Waals surface area contributed by atoms with Gasteiger partial charge in [0.15, 0.2) is 0 Å². The van der Waals surface area contributed by atoms with Crippen LogP contribution in [0.25, 0.3) is 0 Å². The second-order valence-electron chi connectivity index (χ2n) is 6.40. The quantitative estimate of drug-likeness (QED) is 0.619. The maximum Gasteiger partial charge on any atom is 0.305 e. The fraction of sp³-hybridized carbons (Fsp3) is 0.556. The Balaban J connectivity index is 1.93. The molecule has 5 heteroatoms. The van der Waals surface area contributed by atoms with Gasteiger partial charge in [0.25, 0.3) is 5.91 Å². The Morgan fingerprint density at radius 3 is 2.74 bits per heavy atom. The van der Waals surface area contributed by atoms with E-state index in [0.29, 0.717) is 26.0 Å². The normalized spacial score (nSPS) is 15.8. The lowest BCUT2D eigenvalue weighted by molar-refractivity contribution is -0.143. The average molecular weight is 318 g/mol. The van der Waals surface area contributed by atoms with Gasteiger partial charge in [-0.3, -0.25) is 9.59 Å². The monoisotopic (exact) mass is 318 g/mol. The summed E-state index contributed by atoms with van der Waals surface area (Å²) < 4.78 is 5.22. The van der Waals surface area contributed by atoms with Crippen LogP contribution in [0.1, 0.15) is 46.5 Å². The summed E-state index contributed by atoms with van der Waals surface area (Å²) in [4.78, 5) is 25.9. The first-order valence-electron chi connectivity index (χ1n) is 8.30. The molecule has 0 fully saturated rings. The summed E-state index contributed by atoms with van der Waals surface area (Å²) in [5, 5.41) is 3.27. The molecule has 126 valence electrons. The standard InChI is InChI=1S/C18H26N2O3/c1-4-5-11-16(21)23-13-8-12-20-15-10-7-6-9-14(15)19-18(2,3)17(20)22/h6-7,9-10,19H,4-5,8,11-13H2,1-3H3. The van der Waals surface area contributed by atoms with Gasteiger partial charge in [-0.25, -0.2) is 0 Å². The number of hydrogen-bond acceptors (Lipinski definition) is 4. The number of para-hydroxylation sites is 2. The highest BCUT2D eigenvalue weighted by molar-refractivity contribution is 6.07. The number of anilines is 2. The summed E-state index contributed by atoms with van der Waals surface area (Å²) >= 11 is 0. The molecule has 0 saturated heterocycles. The first-order valence-corrected chi connectivity index (χ1v) is 8.30. The van der Waals surface area contributed by atoms with E-state index in [9.17, 15) is 9.59 Å². The lowest BCUT2D eigenvalue weighted by atomic mass is 9.98. The summed E-state index contributed by atoms with van der Waals surface area (Å²) in [6, 6.07) is 7.78. The van der Waals surface area contributed by atoms with Gasteiger partial charge in [-0.1, -0.05) is 25.5 Å². The van der Waals surface area contributed by atoms with Crippen LogP contribution in [0.2, 0.25) is 0 Å². The molecule has 0 spiro atoms. The highest BCUT2D eigenvalue weighted by atomic mass is 16.5. The second-order valence-corrected chi connectivity index (χ2v) is 6.40. The zero-order chi connectivity index (χ0) is 16.9. The van der Waals surface area contributed by atoms with Crippen molar-refractivity contribution in [1.82, 2.24) is 0 Å². The van der Waals surface area contributed by atoms with Crippen LogP contribution >= 0.6 is 0 Å². The molecular weight excluding hydrogens is 292 g/mol. The first-order chi connectivity index (χ1) is 11.0. The van der Waals surface area contributed by atoms with E-state index in [1.165, 1.54) is 0 Å². The van der Waals surface area contributed by atoms with Gasteiger partial charge in [0.2, 0.25) is 0 Å². The van der Waals surface area contributed by atoms with Crippen molar-refractivity contribution in [2.45, 2.75) is 52.0 Å². The van der Waals surface area contributed by atoms with E-state index in [2.05, 4.69) is 5.32 Å². The summed E-state index contributed by atoms with van der Waals surface area (Å²) in [6.45, 7) is 6.69. The highest BCUT2D eigenvalue weighted by Crippen LogP contribution is 2.34. The molecule has 23 heavy (non-hydrogen) atoms. The molecule has 1 amide bonds. The number of carbonyl (C=O) groups excluding carboxylic acids is 2. The molecule has 0 aromatic heterocycles. The van der Waals surface area contributed by atoms with E-state index in [4.69, 9.17) is 4.74 Å². The van der Waals surface area contributed by atoms with Crippen molar-refractivity contribution in [3.8, 4) is 0 Å². The second kappa shape index (κ2) is 7.49. The van der Waals surface area contributed by atoms with Crippen molar-refractivity contribution in [3.63, 3.8) is 0 Å². The van der Waals surface area contributed by atoms with Gasteiger partial charge in [-0.15, -0.1) is 0 Å². The number of hydrogen-bond donors (Lipinski definition) is 1. The Morgan fingerprint density at radius 2 is 2.00 bits per heavy atom. The third-order valence-electron chi connectivity index (χ3n) is 3.95. The third kappa shape index (κ3) is 4.24. The minimum atomic E-state index is -0.633. The Labute approximate surface area is 138 Å². The Hall–Kier alpha value is -2.04. The van der Waals surface area contributed by atoms with Crippen molar-refractivity contribution >= 4 is 23.3 Å². The number of benzene rings is 1. The minimum Gasteiger partial charge on any atom is -0.466 e. The Kier molecular flexibility index (Phi) is 5.64. The van der Waals surface area contributed by atoms with Crippen molar-refractivity contribution in [1.29, 1.82) is 0 Å². The van der Waals surface area contributed by atoms with Crippen molar-refractivity contribution in [2.24, 2.45) is 0 Å². The predicted octanol–water partition coefficient (Wildman–Crippen LogP) is 3.35. The fourth-order valence-electron chi connectivity index (χ4n) is 2.68. The van der Waals surface area contributed by atoms with Gasteiger partial charge in [-0.2, -0.15) is 0 Å². The smallest absolute Gasteiger partial charge is 0.305 e. The van der Waals surface area contributed by atoms with E-state index in [-0.39, 0.29) is 11.9 Å². The van der Waals surface area contributed by atoms with Gasteiger partial charge in [0.1, 0.15) is 5.54 Å². The van der Waals surface area contributed by atoms with Crippen LogP contribution in [0, 0.1) is 0 Å². The molecule has 1 heterocycles. The summed E-state index contributed by atoms with van der Waals surface area (Å²) in [5.41, 5.74) is 1.21. The van der Waals surface area contributed by atoms with Gasteiger partial charge in [-0.05, 0) is 38.8 Å². The number of nitrogens with one attached hydrogen (secondary N) is 1. The molecule has 0 unspecified atom stereocenters. The number of nitrogens with zero attached hydrogens (tertiary/aromatic N) is 1. The highest BCUT2D eigenvalue weighted by Gasteiger charge is 2.37. The van der Waals surface area contributed by atoms with Gasteiger partial charge < -0.3 is 15.0 Å². The van der Waals surface area contributed by atoms with Crippen molar-refractivity contribution in [3.05, 3.63) is 24.3 Å². The topological polar surface area (TPSA) is 58.6 Å². The zero-order valence-corrected chi connectivity index (χ0v) is 14.2. The van der Waals surface area contributed by atoms with Gasteiger partial charge >= 0.3 is 5.97 Å². The van der Waals surface area contributed by atoms with E-state index < -0.39 is 5.54 Å². The molecule has 1 aliphatic heterocycles. The number of rotatable bonds is 7. The van der Waals surface area contributed by atoms with Crippen molar-refractivity contribution in [2.75, 3.05) is 23.4 Å². The molecule has 5 nitrogen and oxygen atoms in total. The molecule has 0 saturated carbocycles. The van der Waals surface area contributed by atoms with E-state index in [1.807, 2.05) is 45.0 Å². The summed E-state index contributed by atoms with van der Waals surface area (Å²) in [6.07, 6.45) is 2.94. The zero-order valence-electron chi connectivity index (χ0n) is 14.2. The fourth-order valence-corrected chi connectivity index (χ4v) is 2.68. The van der Waals surface area contributed by atoms with Crippen LogP contribution in [0.4, 0.5) is 11.4 Å². The van der Waals surface area contributed by atoms with E-state index in [1.54, 1.807) is 4.90 Å². The first kappa shape index (κ1) is 17.3. The number of esters is 1. The summed E-state index contributed by atoms with van der Waals surface area (Å²) in [5.74, 6) is -0.118. The third-order valence-corrected chi connectivity index (χ3v) is 3.95. The number of fused-ring (bicyclic) bond motifs is 1. The van der Waals surface area contributed by atoms with E-state index in [0.717, 1.165) is 24.2 Å². The molecule has 0 aliphatic carbocycles. The predicted molar refractivity (Wildman–Crippen MR) is 91.6 cm³/mol. The molecule has 1 aliphatic rings.